The lowest BCUT2D eigenvalue weighted by molar-refractivity contribution is -0.111. The van der Waals surface area contributed by atoms with Gasteiger partial charge in [0.2, 0.25) is 17.6 Å². The van der Waals surface area contributed by atoms with Crippen molar-refractivity contribution in [2.75, 3.05) is 62.5 Å². The van der Waals surface area contributed by atoms with E-state index in [0.717, 1.165) is 38.4 Å². The van der Waals surface area contributed by atoms with Crippen molar-refractivity contribution >= 4 is 69.0 Å². The molecule has 1 saturated heterocycles. The predicted octanol–water partition coefficient (Wildman–Crippen LogP) is 5.79. The Bertz CT molecular complexity index is 1670. The third-order valence-corrected chi connectivity index (χ3v) is 7.92. The highest BCUT2D eigenvalue weighted by molar-refractivity contribution is 6.42. The van der Waals surface area contributed by atoms with Crippen molar-refractivity contribution in [1.29, 1.82) is 0 Å². The maximum Gasteiger partial charge on any atom is 0.247 e. The third kappa shape index (κ3) is 6.24. The van der Waals surface area contributed by atoms with Crippen molar-refractivity contribution in [1.82, 2.24) is 14.9 Å². The molecule has 2 aromatic carbocycles. The number of methoxy groups -OCH3 is 2. The fourth-order valence-corrected chi connectivity index (χ4v) is 5.46. The van der Waals surface area contributed by atoms with Crippen molar-refractivity contribution in [3.8, 4) is 11.5 Å². The number of fused-ring (bicyclic) bond motifs is 1. The molecule has 0 aliphatic carbocycles. The molecule has 0 saturated carbocycles. The van der Waals surface area contributed by atoms with Crippen molar-refractivity contribution in [3.05, 3.63) is 70.6 Å². The van der Waals surface area contributed by atoms with Crippen LogP contribution in [0.1, 0.15) is 23.0 Å². The zero-order valence-electron chi connectivity index (χ0n) is 23.9. The van der Waals surface area contributed by atoms with Crippen LogP contribution in [-0.4, -0.2) is 73.5 Å². The monoisotopic (exact) mass is 624 g/mol. The van der Waals surface area contributed by atoms with Gasteiger partial charge in [0.05, 0.1) is 47.4 Å². The number of anilines is 4. The number of nitrogens with one attached hydrogen (secondary N) is 2. The summed E-state index contributed by atoms with van der Waals surface area (Å²) in [5, 5.41) is 6.07. The number of hydrogen-bond acceptors (Lipinski definition) is 10. The first-order chi connectivity index (χ1) is 20.8. The number of likely N-dealkylation sites (N-methyl/N-ethyl adjacent to an activating group) is 1. The topological polar surface area (TPSA) is 122 Å². The molecule has 1 aliphatic heterocycles. The maximum atomic E-state index is 13.5. The van der Waals surface area contributed by atoms with E-state index >= 15 is 0 Å². The van der Waals surface area contributed by atoms with Crippen LogP contribution < -0.4 is 25.0 Å². The first-order valence-electron chi connectivity index (χ1n) is 13.5. The molecule has 11 nitrogen and oxygen atoms in total. The number of furan rings is 1. The third-order valence-electron chi connectivity index (χ3n) is 7.17. The smallest absolute Gasteiger partial charge is 0.247 e. The number of halogens is 2. The van der Waals surface area contributed by atoms with Gasteiger partial charge in [0.25, 0.3) is 0 Å². The summed E-state index contributed by atoms with van der Waals surface area (Å²) in [7, 11) is 2.84. The van der Waals surface area contributed by atoms with Crippen LogP contribution in [0.5, 0.6) is 11.5 Å². The van der Waals surface area contributed by atoms with Crippen LogP contribution in [0.2, 0.25) is 10.0 Å². The SMILES string of the molecule is C=CC(=O)Nc1cc(N2CCN(CC)CC2)ccc1Nc1ncc2oc(C(=O)c3c(Cl)c(OC)cc(OC)c3Cl)cc2n1. The van der Waals surface area contributed by atoms with Crippen molar-refractivity contribution in [2.24, 2.45) is 0 Å². The highest BCUT2D eigenvalue weighted by atomic mass is 35.5. The molecule has 0 atom stereocenters. The van der Waals surface area contributed by atoms with Crippen LogP contribution in [0, 0.1) is 0 Å². The van der Waals surface area contributed by atoms with Crippen LogP contribution in [0.4, 0.5) is 23.0 Å². The minimum Gasteiger partial charge on any atom is -0.495 e. The van der Waals surface area contributed by atoms with Gasteiger partial charge >= 0.3 is 0 Å². The van der Waals surface area contributed by atoms with E-state index in [1.165, 1.54) is 38.6 Å². The molecule has 0 radical (unpaired) electrons. The average Bonchev–Trinajstić information content (AvgIpc) is 3.45. The second kappa shape index (κ2) is 12.9. The first-order valence-corrected chi connectivity index (χ1v) is 14.2. The number of amides is 1. The molecule has 1 fully saturated rings. The minimum atomic E-state index is -0.579. The van der Waals surface area contributed by atoms with Gasteiger partial charge in [-0.05, 0) is 30.8 Å². The molecule has 1 aliphatic rings. The number of rotatable bonds is 10. The molecule has 0 spiro atoms. The quantitative estimate of drug-likeness (QED) is 0.166. The summed E-state index contributed by atoms with van der Waals surface area (Å²) in [6.45, 7) is 10.4. The van der Waals surface area contributed by atoms with Gasteiger partial charge < -0.3 is 34.3 Å². The van der Waals surface area contributed by atoms with E-state index in [9.17, 15) is 9.59 Å². The Morgan fingerprint density at radius 2 is 1.74 bits per heavy atom. The Morgan fingerprint density at radius 1 is 1.05 bits per heavy atom. The zero-order chi connectivity index (χ0) is 30.7. The highest BCUT2D eigenvalue weighted by Gasteiger charge is 2.27. The van der Waals surface area contributed by atoms with Crippen LogP contribution in [0.15, 0.2) is 53.6 Å². The molecule has 2 aromatic heterocycles. The summed E-state index contributed by atoms with van der Waals surface area (Å²) >= 11 is 12.9. The zero-order valence-corrected chi connectivity index (χ0v) is 25.4. The second-order valence-corrected chi connectivity index (χ2v) is 10.4. The van der Waals surface area contributed by atoms with Gasteiger partial charge in [-0.1, -0.05) is 36.7 Å². The number of ether oxygens (including phenoxy) is 2. The van der Waals surface area contributed by atoms with Crippen molar-refractivity contribution in [3.63, 3.8) is 0 Å². The molecular weight excluding hydrogens is 595 g/mol. The molecule has 13 heteroatoms. The van der Waals surface area contributed by atoms with Gasteiger partial charge in [0.1, 0.15) is 17.0 Å². The number of hydrogen-bond donors (Lipinski definition) is 2. The number of carbonyl (C=O) groups excluding carboxylic acids is 2. The molecule has 43 heavy (non-hydrogen) atoms. The molecule has 0 bridgehead atoms. The predicted molar refractivity (Wildman–Crippen MR) is 168 cm³/mol. The molecule has 3 heterocycles. The fourth-order valence-electron chi connectivity index (χ4n) is 4.79. The Labute approximate surface area is 258 Å². The molecule has 5 rings (SSSR count). The van der Waals surface area contributed by atoms with Gasteiger partial charge in [-0.15, -0.1) is 0 Å². The Morgan fingerprint density at radius 3 is 2.37 bits per heavy atom. The van der Waals surface area contributed by atoms with Crippen LogP contribution in [0.25, 0.3) is 11.1 Å². The van der Waals surface area contributed by atoms with E-state index < -0.39 is 5.78 Å². The number of carbonyl (C=O) groups is 2. The van der Waals surface area contributed by atoms with E-state index in [1.807, 2.05) is 18.2 Å². The van der Waals surface area contributed by atoms with Gasteiger partial charge in [-0.25, -0.2) is 9.97 Å². The molecule has 2 N–H and O–H groups in total. The fraction of sp³-hybridized carbons (Fsp3) is 0.267. The maximum absolute atomic E-state index is 13.5. The lowest BCUT2D eigenvalue weighted by Gasteiger charge is -2.35. The van der Waals surface area contributed by atoms with Gasteiger partial charge in [-0.3, -0.25) is 9.59 Å². The van der Waals surface area contributed by atoms with Gasteiger partial charge in [0, 0.05) is 44.0 Å². The largest absolute Gasteiger partial charge is 0.495 e. The highest BCUT2D eigenvalue weighted by Crippen LogP contribution is 2.41. The number of aromatic nitrogens is 2. The summed E-state index contributed by atoms with van der Waals surface area (Å²) in [5.74, 6) is -0.303. The number of ketones is 1. The molecule has 224 valence electrons. The summed E-state index contributed by atoms with van der Waals surface area (Å²) < 4.78 is 16.3. The first kappa shape index (κ1) is 30.1. The molecule has 0 unspecified atom stereocenters. The Balaban J connectivity index is 1.43. The van der Waals surface area contributed by atoms with E-state index in [4.69, 9.17) is 37.1 Å². The normalized spacial score (nSPS) is 13.6. The number of benzene rings is 2. The molecule has 1 amide bonds. The molecular formula is C30H30Cl2N6O5. The van der Waals surface area contributed by atoms with E-state index in [-0.39, 0.29) is 50.3 Å². The standard InChI is InChI=1S/C30H30Cl2N6O5/c1-5-25(39)34-19-13-17(38-11-9-37(6-2)10-12-38)7-8-18(19)35-30-33-16-24-20(36-30)14-23(43-24)29(40)26-27(31)21(41-3)15-22(42-4)28(26)32/h5,7-8,13-16H,1,6,9-12H2,2-4H3,(H,34,39)(H,33,35,36). The number of nitrogens with zero attached hydrogens (tertiary/aromatic N) is 4. The Hall–Kier alpha value is -4.32. The lowest BCUT2D eigenvalue weighted by atomic mass is 10.1. The lowest BCUT2D eigenvalue weighted by Crippen LogP contribution is -2.46. The number of piperazine rings is 1. The summed E-state index contributed by atoms with van der Waals surface area (Å²) in [5.41, 5.74) is 2.73. The van der Waals surface area contributed by atoms with Crippen LogP contribution in [-0.2, 0) is 4.79 Å². The van der Waals surface area contributed by atoms with Crippen molar-refractivity contribution < 1.29 is 23.5 Å². The Kier molecular flexibility index (Phi) is 9.05. The average molecular weight is 626 g/mol. The van der Waals surface area contributed by atoms with E-state index in [2.05, 4.69) is 43.9 Å². The van der Waals surface area contributed by atoms with E-state index in [1.54, 1.807) is 0 Å². The molecule has 4 aromatic rings. The van der Waals surface area contributed by atoms with E-state index in [0.29, 0.717) is 16.9 Å². The van der Waals surface area contributed by atoms with Crippen molar-refractivity contribution in [2.45, 2.75) is 6.92 Å². The van der Waals surface area contributed by atoms with Gasteiger partial charge in [0.15, 0.2) is 11.3 Å². The second-order valence-electron chi connectivity index (χ2n) is 9.64. The van der Waals surface area contributed by atoms with Gasteiger partial charge in [-0.2, -0.15) is 0 Å². The van der Waals surface area contributed by atoms with Crippen LogP contribution >= 0.6 is 23.2 Å². The minimum absolute atomic E-state index is 0.0244. The summed E-state index contributed by atoms with van der Waals surface area (Å²) in [4.78, 5) is 39.2. The summed E-state index contributed by atoms with van der Waals surface area (Å²) in [6.07, 6.45) is 2.65. The van der Waals surface area contributed by atoms with Crippen LogP contribution in [0.3, 0.4) is 0 Å². The summed E-state index contributed by atoms with van der Waals surface area (Å²) in [6, 6.07) is 8.72.